The van der Waals surface area contributed by atoms with Crippen LogP contribution in [0, 0.1) is 0 Å². The Kier molecular flexibility index (Phi) is 3.11. The van der Waals surface area contributed by atoms with Crippen LogP contribution in [0.2, 0.25) is 0 Å². The largest absolute Gasteiger partial charge is 0.317 e. The van der Waals surface area contributed by atoms with E-state index < -0.39 is 0 Å². The van der Waals surface area contributed by atoms with Gasteiger partial charge in [0.25, 0.3) is 0 Å². The van der Waals surface area contributed by atoms with Crippen LogP contribution in [0.4, 0.5) is 0 Å². The summed E-state index contributed by atoms with van der Waals surface area (Å²) in [7, 11) is 2.00. The highest BCUT2D eigenvalue weighted by molar-refractivity contribution is 5.65. The molecule has 2 aromatic rings. The Hall–Kier alpha value is -1.68. The second-order valence-electron chi connectivity index (χ2n) is 4.86. The van der Waals surface area contributed by atoms with Gasteiger partial charge in [-0.15, -0.1) is 0 Å². The molecule has 1 aliphatic heterocycles. The van der Waals surface area contributed by atoms with Crippen molar-refractivity contribution in [2.75, 3.05) is 13.1 Å². The number of aromatic nitrogens is 3. The summed E-state index contributed by atoms with van der Waals surface area (Å²) in [6.45, 7) is 2.19. The third-order valence-corrected chi connectivity index (χ3v) is 3.57. The van der Waals surface area contributed by atoms with Crippen molar-refractivity contribution < 1.29 is 0 Å². The van der Waals surface area contributed by atoms with Crippen LogP contribution in [0.25, 0.3) is 11.1 Å². The molecule has 4 heteroatoms. The standard InChI is InChI=1S/C14H18N4/c1-18-10-13(11-2-6-15-7-3-11)14(17-18)12-4-8-16-9-5-12/h2-3,6-7,10,12,16H,4-5,8-9H2,1H3. The number of hydrogen-bond acceptors (Lipinski definition) is 3. The molecule has 0 amide bonds. The third kappa shape index (κ3) is 2.16. The van der Waals surface area contributed by atoms with Gasteiger partial charge in [0.1, 0.15) is 0 Å². The number of hydrogen-bond donors (Lipinski definition) is 1. The van der Waals surface area contributed by atoms with Crippen molar-refractivity contribution in [2.24, 2.45) is 7.05 Å². The van der Waals surface area contributed by atoms with Gasteiger partial charge < -0.3 is 5.32 Å². The lowest BCUT2D eigenvalue weighted by Gasteiger charge is -2.22. The highest BCUT2D eigenvalue weighted by Crippen LogP contribution is 2.32. The lowest BCUT2D eigenvalue weighted by atomic mass is 9.90. The molecule has 1 fully saturated rings. The fourth-order valence-electron chi connectivity index (χ4n) is 2.66. The number of pyridine rings is 1. The molecule has 0 aliphatic carbocycles. The maximum atomic E-state index is 4.68. The molecule has 18 heavy (non-hydrogen) atoms. The summed E-state index contributed by atoms with van der Waals surface area (Å²) in [5.74, 6) is 0.579. The van der Waals surface area contributed by atoms with Gasteiger partial charge in [-0.05, 0) is 43.6 Å². The summed E-state index contributed by atoms with van der Waals surface area (Å²) in [6.07, 6.45) is 8.15. The van der Waals surface area contributed by atoms with E-state index in [1.165, 1.54) is 29.7 Å². The van der Waals surface area contributed by atoms with E-state index in [9.17, 15) is 0 Å². The topological polar surface area (TPSA) is 42.7 Å². The Morgan fingerprint density at radius 2 is 1.94 bits per heavy atom. The highest BCUT2D eigenvalue weighted by Gasteiger charge is 2.21. The quantitative estimate of drug-likeness (QED) is 0.875. The minimum atomic E-state index is 0.579. The fraction of sp³-hybridized carbons (Fsp3) is 0.429. The van der Waals surface area contributed by atoms with E-state index in [4.69, 9.17) is 0 Å². The van der Waals surface area contributed by atoms with Crippen LogP contribution in [-0.2, 0) is 7.05 Å². The number of nitrogens with one attached hydrogen (secondary N) is 1. The molecule has 0 radical (unpaired) electrons. The summed E-state index contributed by atoms with van der Waals surface area (Å²) in [5, 5.41) is 8.09. The molecule has 0 spiro atoms. The maximum absolute atomic E-state index is 4.68. The van der Waals surface area contributed by atoms with Gasteiger partial charge in [0.2, 0.25) is 0 Å². The van der Waals surface area contributed by atoms with Gasteiger partial charge in [-0.2, -0.15) is 5.10 Å². The monoisotopic (exact) mass is 242 g/mol. The van der Waals surface area contributed by atoms with Crippen molar-refractivity contribution in [1.82, 2.24) is 20.1 Å². The summed E-state index contributed by atoms with van der Waals surface area (Å²) < 4.78 is 1.92. The first-order chi connectivity index (χ1) is 8.84. The smallest absolute Gasteiger partial charge is 0.0734 e. The van der Waals surface area contributed by atoms with Crippen molar-refractivity contribution in [3.63, 3.8) is 0 Å². The van der Waals surface area contributed by atoms with Crippen LogP contribution in [0.15, 0.2) is 30.7 Å². The molecule has 1 aliphatic rings. The lowest BCUT2D eigenvalue weighted by molar-refractivity contribution is 0.450. The van der Waals surface area contributed by atoms with Gasteiger partial charge in [-0.1, -0.05) is 0 Å². The maximum Gasteiger partial charge on any atom is 0.0734 e. The van der Waals surface area contributed by atoms with Crippen LogP contribution < -0.4 is 5.32 Å². The SMILES string of the molecule is Cn1cc(-c2ccncc2)c(C2CCNCC2)n1. The van der Waals surface area contributed by atoms with E-state index in [-0.39, 0.29) is 0 Å². The third-order valence-electron chi connectivity index (χ3n) is 3.57. The van der Waals surface area contributed by atoms with E-state index in [0.29, 0.717) is 5.92 Å². The Balaban J connectivity index is 1.99. The van der Waals surface area contributed by atoms with Crippen LogP contribution in [-0.4, -0.2) is 27.9 Å². The van der Waals surface area contributed by atoms with Crippen LogP contribution in [0.5, 0.6) is 0 Å². The van der Waals surface area contributed by atoms with Gasteiger partial charge >= 0.3 is 0 Å². The van der Waals surface area contributed by atoms with Crippen molar-refractivity contribution in [3.8, 4) is 11.1 Å². The van der Waals surface area contributed by atoms with E-state index >= 15 is 0 Å². The van der Waals surface area contributed by atoms with E-state index in [1.54, 1.807) is 0 Å². The zero-order valence-electron chi connectivity index (χ0n) is 10.6. The van der Waals surface area contributed by atoms with Crippen LogP contribution in [0.3, 0.4) is 0 Å². The average molecular weight is 242 g/mol. The molecule has 2 aromatic heterocycles. The predicted octanol–water partition coefficient (Wildman–Crippen LogP) is 1.95. The molecule has 1 N–H and O–H groups in total. The summed E-state index contributed by atoms with van der Waals surface area (Å²) in [6, 6.07) is 4.11. The highest BCUT2D eigenvalue weighted by atomic mass is 15.3. The molecular weight excluding hydrogens is 224 g/mol. The molecule has 3 rings (SSSR count). The van der Waals surface area contributed by atoms with Gasteiger partial charge in [-0.25, -0.2) is 0 Å². The zero-order valence-corrected chi connectivity index (χ0v) is 10.6. The van der Waals surface area contributed by atoms with Gasteiger partial charge in [-0.3, -0.25) is 9.67 Å². The summed E-state index contributed by atoms with van der Waals surface area (Å²) >= 11 is 0. The molecule has 0 aromatic carbocycles. The molecule has 0 bridgehead atoms. The zero-order chi connectivity index (χ0) is 12.4. The average Bonchev–Trinajstić information content (AvgIpc) is 2.83. The van der Waals surface area contributed by atoms with Gasteiger partial charge in [0.05, 0.1) is 5.69 Å². The molecule has 3 heterocycles. The molecule has 4 nitrogen and oxygen atoms in total. The van der Waals surface area contributed by atoms with Crippen LogP contribution >= 0.6 is 0 Å². The van der Waals surface area contributed by atoms with Gasteiger partial charge in [0, 0.05) is 37.1 Å². The molecule has 0 saturated carbocycles. The Morgan fingerprint density at radius 3 is 2.67 bits per heavy atom. The number of piperidine rings is 1. The normalized spacial score (nSPS) is 16.9. The predicted molar refractivity (Wildman–Crippen MR) is 71.3 cm³/mol. The number of nitrogens with zero attached hydrogens (tertiary/aromatic N) is 3. The molecule has 94 valence electrons. The first-order valence-electron chi connectivity index (χ1n) is 6.49. The van der Waals surface area contributed by atoms with Gasteiger partial charge in [0.15, 0.2) is 0 Å². The Bertz CT molecular complexity index is 512. The molecule has 1 saturated heterocycles. The second kappa shape index (κ2) is 4.90. The van der Waals surface area contributed by atoms with Crippen molar-refractivity contribution in [3.05, 3.63) is 36.4 Å². The summed E-state index contributed by atoms with van der Waals surface area (Å²) in [5.41, 5.74) is 3.71. The summed E-state index contributed by atoms with van der Waals surface area (Å²) in [4.78, 5) is 4.08. The van der Waals surface area contributed by atoms with Crippen molar-refractivity contribution in [2.45, 2.75) is 18.8 Å². The lowest BCUT2D eigenvalue weighted by Crippen LogP contribution is -2.27. The first-order valence-corrected chi connectivity index (χ1v) is 6.49. The van der Waals surface area contributed by atoms with Crippen molar-refractivity contribution >= 4 is 0 Å². The van der Waals surface area contributed by atoms with Crippen LogP contribution in [0.1, 0.15) is 24.5 Å². The molecule has 0 atom stereocenters. The second-order valence-corrected chi connectivity index (χ2v) is 4.86. The fourth-order valence-corrected chi connectivity index (χ4v) is 2.66. The van der Waals surface area contributed by atoms with Crippen molar-refractivity contribution in [1.29, 1.82) is 0 Å². The first kappa shape index (κ1) is 11.4. The number of rotatable bonds is 2. The van der Waals surface area contributed by atoms with E-state index in [2.05, 4.69) is 33.7 Å². The Labute approximate surface area is 107 Å². The number of aryl methyl sites for hydroxylation is 1. The molecule has 0 unspecified atom stereocenters. The van der Waals surface area contributed by atoms with E-state index in [1.807, 2.05) is 24.1 Å². The minimum absolute atomic E-state index is 0.579. The minimum Gasteiger partial charge on any atom is -0.317 e. The Morgan fingerprint density at radius 1 is 1.22 bits per heavy atom. The van der Waals surface area contributed by atoms with E-state index in [0.717, 1.165) is 13.1 Å². The molecular formula is C14H18N4.